The number of aromatic amines is 1. The van der Waals surface area contributed by atoms with Crippen molar-refractivity contribution >= 4 is 33.3 Å². The normalized spacial score (nSPS) is 11.2. The summed E-state index contributed by atoms with van der Waals surface area (Å²) in [5, 5.41) is 14.5. The maximum atomic E-state index is 11.9. The molecule has 0 aliphatic carbocycles. The Labute approximate surface area is 113 Å². The molecule has 0 atom stereocenters. The van der Waals surface area contributed by atoms with Gasteiger partial charge in [-0.05, 0) is 24.3 Å². The highest BCUT2D eigenvalue weighted by molar-refractivity contribution is 7.92. The number of aromatic carboxylic acids is 1. The van der Waals surface area contributed by atoms with Crippen molar-refractivity contribution in [1.29, 1.82) is 0 Å². The lowest BCUT2D eigenvalue weighted by Gasteiger charge is -2.08. The van der Waals surface area contributed by atoms with Crippen LogP contribution in [0.3, 0.4) is 0 Å². The number of sulfonamides is 1. The first kappa shape index (κ1) is 13.4. The molecular formula is C10H8ClN3O4S. The molecule has 0 saturated carbocycles. The molecule has 3 N–H and O–H groups in total. The third kappa shape index (κ3) is 2.85. The standard InChI is InChI=1S/C10H8ClN3O4S/c11-7-5-6(10(15)16)1-2-8(7)14-19(17,18)9-3-4-12-13-9/h1-5,14H,(H,12,13)(H,15,16). The highest BCUT2D eigenvalue weighted by atomic mass is 35.5. The molecule has 0 amide bonds. The van der Waals surface area contributed by atoms with Gasteiger partial charge in [-0.1, -0.05) is 11.6 Å². The topological polar surface area (TPSA) is 112 Å². The number of halogens is 1. The van der Waals surface area contributed by atoms with Crippen molar-refractivity contribution in [2.75, 3.05) is 4.72 Å². The van der Waals surface area contributed by atoms with Crippen LogP contribution in [0.25, 0.3) is 0 Å². The van der Waals surface area contributed by atoms with Crippen LogP contribution in [0, 0.1) is 0 Å². The van der Waals surface area contributed by atoms with E-state index in [4.69, 9.17) is 16.7 Å². The van der Waals surface area contributed by atoms with Crippen molar-refractivity contribution in [3.8, 4) is 0 Å². The number of carboxylic acids is 1. The molecule has 1 aromatic carbocycles. The number of hydrogen-bond donors (Lipinski definition) is 3. The third-order valence-corrected chi connectivity index (χ3v) is 3.83. The van der Waals surface area contributed by atoms with Crippen molar-refractivity contribution in [3.63, 3.8) is 0 Å². The number of benzene rings is 1. The van der Waals surface area contributed by atoms with Crippen LogP contribution in [0.5, 0.6) is 0 Å². The van der Waals surface area contributed by atoms with Gasteiger partial charge in [0, 0.05) is 0 Å². The first-order valence-corrected chi connectivity index (χ1v) is 6.81. The van der Waals surface area contributed by atoms with Crippen LogP contribution in [0.1, 0.15) is 10.4 Å². The lowest BCUT2D eigenvalue weighted by Crippen LogP contribution is -2.14. The van der Waals surface area contributed by atoms with Gasteiger partial charge in [-0.25, -0.2) is 4.79 Å². The van der Waals surface area contributed by atoms with Gasteiger partial charge < -0.3 is 5.11 Å². The summed E-state index contributed by atoms with van der Waals surface area (Å²) in [6, 6.07) is 4.97. The Bertz CT molecular complexity index is 712. The highest BCUT2D eigenvalue weighted by Crippen LogP contribution is 2.25. The van der Waals surface area contributed by atoms with Crippen LogP contribution in [0.15, 0.2) is 35.5 Å². The van der Waals surface area contributed by atoms with Crippen LogP contribution in [-0.2, 0) is 10.0 Å². The van der Waals surface area contributed by atoms with E-state index in [2.05, 4.69) is 14.9 Å². The number of carboxylic acid groups (broad SMARTS) is 1. The molecule has 2 rings (SSSR count). The fraction of sp³-hybridized carbons (Fsp3) is 0. The average Bonchev–Trinajstić information content (AvgIpc) is 2.85. The summed E-state index contributed by atoms with van der Waals surface area (Å²) in [4.78, 5) is 10.7. The summed E-state index contributed by atoms with van der Waals surface area (Å²) in [6.45, 7) is 0. The molecule has 0 aliphatic heterocycles. The van der Waals surface area contributed by atoms with Crippen LogP contribution in [0.2, 0.25) is 5.02 Å². The van der Waals surface area contributed by atoms with Crippen molar-refractivity contribution in [2.24, 2.45) is 0 Å². The van der Waals surface area contributed by atoms with E-state index >= 15 is 0 Å². The smallest absolute Gasteiger partial charge is 0.335 e. The summed E-state index contributed by atoms with van der Waals surface area (Å²) in [6.07, 6.45) is 1.30. The summed E-state index contributed by atoms with van der Waals surface area (Å²) < 4.78 is 26.0. The first-order chi connectivity index (χ1) is 8.90. The number of hydrogen-bond acceptors (Lipinski definition) is 4. The Balaban J connectivity index is 2.32. The molecule has 0 fully saturated rings. The van der Waals surface area contributed by atoms with E-state index in [-0.39, 0.29) is 21.3 Å². The summed E-state index contributed by atoms with van der Waals surface area (Å²) in [5.74, 6) is -1.15. The van der Waals surface area contributed by atoms with Crippen LogP contribution >= 0.6 is 11.6 Å². The predicted molar refractivity (Wildman–Crippen MR) is 67.8 cm³/mol. The first-order valence-electron chi connectivity index (χ1n) is 4.95. The molecule has 1 heterocycles. The average molecular weight is 302 g/mol. The number of rotatable bonds is 4. The number of aromatic nitrogens is 2. The molecule has 0 bridgehead atoms. The van der Waals surface area contributed by atoms with Gasteiger partial charge in [0.15, 0.2) is 5.03 Å². The zero-order valence-electron chi connectivity index (χ0n) is 9.29. The lowest BCUT2D eigenvalue weighted by atomic mass is 10.2. The molecule has 100 valence electrons. The summed E-state index contributed by atoms with van der Waals surface area (Å²) >= 11 is 5.82. The molecule has 0 saturated heterocycles. The molecular weight excluding hydrogens is 294 g/mol. The zero-order valence-corrected chi connectivity index (χ0v) is 10.9. The second-order valence-electron chi connectivity index (χ2n) is 3.53. The molecule has 7 nitrogen and oxygen atoms in total. The van der Waals surface area contributed by atoms with Gasteiger partial charge in [-0.2, -0.15) is 13.5 Å². The molecule has 9 heteroatoms. The zero-order chi connectivity index (χ0) is 14.0. The van der Waals surface area contributed by atoms with E-state index in [0.717, 1.165) is 6.07 Å². The second-order valence-corrected chi connectivity index (χ2v) is 5.58. The maximum Gasteiger partial charge on any atom is 0.335 e. The number of carbonyl (C=O) groups is 1. The van der Waals surface area contributed by atoms with Gasteiger partial charge in [-0.3, -0.25) is 9.82 Å². The Hall–Kier alpha value is -2.06. The van der Waals surface area contributed by atoms with Crippen molar-refractivity contribution in [1.82, 2.24) is 10.2 Å². The van der Waals surface area contributed by atoms with Crippen molar-refractivity contribution < 1.29 is 18.3 Å². The summed E-state index contributed by atoms with van der Waals surface area (Å²) in [7, 11) is -3.83. The minimum atomic E-state index is -3.83. The molecule has 1 aromatic heterocycles. The predicted octanol–water partition coefficient (Wildman–Crippen LogP) is 1.56. The third-order valence-electron chi connectivity index (χ3n) is 2.23. The van der Waals surface area contributed by atoms with Crippen LogP contribution in [-0.4, -0.2) is 29.7 Å². The fourth-order valence-electron chi connectivity index (χ4n) is 1.32. The van der Waals surface area contributed by atoms with Crippen LogP contribution < -0.4 is 4.72 Å². The van der Waals surface area contributed by atoms with Gasteiger partial charge in [0.05, 0.1) is 22.5 Å². The van der Waals surface area contributed by atoms with E-state index in [1.54, 1.807) is 0 Å². The minimum absolute atomic E-state index is 0.0111. The Morgan fingerprint density at radius 3 is 2.63 bits per heavy atom. The minimum Gasteiger partial charge on any atom is -0.478 e. The Kier molecular flexibility index (Phi) is 3.45. The van der Waals surface area contributed by atoms with Crippen molar-refractivity contribution in [2.45, 2.75) is 5.03 Å². The molecule has 0 radical (unpaired) electrons. The molecule has 0 aliphatic rings. The van der Waals surface area contributed by atoms with E-state index in [1.165, 1.54) is 24.4 Å². The van der Waals surface area contributed by atoms with E-state index in [1.807, 2.05) is 0 Å². The van der Waals surface area contributed by atoms with Gasteiger partial charge in [0.25, 0.3) is 10.0 Å². The van der Waals surface area contributed by atoms with E-state index in [9.17, 15) is 13.2 Å². The largest absolute Gasteiger partial charge is 0.478 e. The van der Waals surface area contributed by atoms with E-state index in [0.29, 0.717) is 0 Å². The number of nitrogens with zero attached hydrogens (tertiary/aromatic N) is 1. The van der Waals surface area contributed by atoms with Gasteiger partial charge in [-0.15, -0.1) is 0 Å². The Morgan fingerprint density at radius 2 is 2.11 bits per heavy atom. The number of H-pyrrole nitrogens is 1. The van der Waals surface area contributed by atoms with E-state index < -0.39 is 16.0 Å². The maximum absolute atomic E-state index is 11.9. The number of nitrogens with one attached hydrogen (secondary N) is 2. The Morgan fingerprint density at radius 1 is 1.37 bits per heavy atom. The quantitative estimate of drug-likeness (QED) is 0.793. The molecule has 0 spiro atoms. The monoisotopic (exact) mass is 301 g/mol. The van der Waals surface area contributed by atoms with Gasteiger partial charge in [0.2, 0.25) is 0 Å². The fourth-order valence-corrected chi connectivity index (χ4v) is 2.60. The second kappa shape index (κ2) is 4.90. The summed E-state index contributed by atoms with van der Waals surface area (Å²) in [5.41, 5.74) is 0.0516. The number of anilines is 1. The molecule has 0 unspecified atom stereocenters. The highest BCUT2D eigenvalue weighted by Gasteiger charge is 2.17. The molecule has 2 aromatic rings. The molecule has 19 heavy (non-hydrogen) atoms. The van der Waals surface area contributed by atoms with Crippen LogP contribution in [0.4, 0.5) is 5.69 Å². The SMILES string of the molecule is O=C(O)c1ccc(NS(=O)(=O)c2ccn[nH]2)c(Cl)c1. The van der Waals surface area contributed by atoms with Crippen molar-refractivity contribution in [3.05, 3.63) is 41.0 Å². The van der Waals surface area contributed by atoms with Gasteiger partial charge >= 0.3 is 5.97 Å². The lowest BCUT2D eigenvalue weighted by molar-refractivity contribution is 0.0697. The van der Waals surface area contributed by atoms with Gasteiger partial charge in [0.1, 0.15) is 0 Å².